The molecule has 0 amide bonds. The minimum Gasteiger partial charge on any atom is -0.497 e. The lowest BCUT2D eigenvalue weighted by Crippen LogP contribution is -2.52. The van der Waals surface area contributed by atoms with Crippen LogP contribution in [-0.2, 0) is 13.1 Å². The van der Waals surface area contributed by atoms with E-state index in [0.717, 1.165) is 61.9 Å². The number of aliphatic hydroxyl groups excluding tert-OH is 1. The van der Waals surface area contributed by atoms with E-state index in [1.165, 1.54) is 5.56 Å². The molecule has 1 aliphatic heterocycles. The first-order chi connectivity index (χ1) is 15.7. The highest BCUT2D eigenvalue weighted by atomic mass is 16.5. The van der Waals surface area contributed by atoms with Crippen LogP contribution in [-0.4, -0.2) is 71.2 Å². The molecule has 0 spiro atoms. The van der Waals surface area contributed by atoms with Gasteiger partial charge in [0.25, 0.3) is 0 Å². The first-order valence-electron chi connectivity index (χ1n) is 11.1. The number of rotatable bonds is 9. The highest BCUT2D eigenvalue weighted by molar-refractivity contribution is 5.38. The van der Waals surface area contributed by atoms with Gasteiger partial charge >= 0.3 is 0 Å². The fourth-order valence-corrected chi connectivity index (χ4v) is 4.35. The zero-order valence-corrected chi connectivity index (χ0v) is 18.9. The molecule has 1 fully saturated rings. The number of benzene rings is 2. The Kier molecular flexibility index (Phi) is 7.42. The Morgan fingerprint density at radius 1 is 0.969 bits per heavy atom. The first-order valence-corrected chi connectivity index (χ1v) is 11.1. The van der Waals surface area contributed by atoms with Crippen LogP contribution >= 0.6 is 0 Å². The maximum Gasteiger partial charge on any atom is 0.122 e. The summed E-state index contributed by atoms with van der Waals surface area (Å²) in [5, 5.41) is 14.2. The fourth-order valence-electron chi connectivity index (χ4n) is 4.35. The number of nitrogens with zero attached hydrogens (tertiary/aromatic N) is 4. The molecule has 0 saturated carbocycles. The van der Waals surface area contributed by atoms with Crippen molar-refractivity contribution in [3.8, 4) is 17.2 Å². The summed E-state index contributed by atoms with van der Waals surface area (Å²) in [5.74, 6) is 1.60. The van der Waals surface area contributed by atoms with Crippen LogP contribution in [0.3, 0.4) is 0 Å². The van der Waals surface area contributed by atoms with Crippen LogP contribution in [0.25, 0.3) is 5.69 Å². The molecular weight excluding hydrogens is 404 g/mol. The first kappa shape index (κ1) is 22.3. The molecule has 0 unspecified atom stereocenters. The highest BCUT2D eigenvalue weighted by Gasteiger charge is 2.27. The number of piperazine rings is 1. The van der Waals surface area contributed by atoms with Crippen molar-refractivity contribution < 1.29 is 14.6 Å². The van der Waals surface area contributed by atoms with Crippen LogP contribution in [0.2, 0.25) is 0 Å². The molecule has 0 bridgehead atoms. The van der Waals surface area contributed by atoms with E-state index in [1.54, 1.807) is 14.2 Å². The molecule has 2 aromatic carbocycles. The number of aromatic nitrogens is 2. The Hall–Kier alpha value is -2.87. The van der Waals surface area contributed by atoms with Crippen molar-refractivity contribution in [1.29, 1.82) is 0 Å². The second-order valence-corrected chi connectivity index (χ2v) is 8.22. The van der Waals surface area contributed by atoms with Gasteiger partial charge in [-0.2, -0.15) is 5.10 Å². The third-order valence-electron chi connectivity index (χ3n) is 6.01. The van der Waals surface area contributed by atoms with Crippen molar-refractivity contribution in [3.63, 3.8) is 0 Å². The van der Waals surface area contributed by atoms with Crippen LogP contribution in [0.1, 0.15) is 17.5 Å². The van der Waals surface area contributed by atoms with E-state index in [4.69, 9.17) is 9.47 Å². The normalized spacial score (nSPS) is 17.4. The van der Waals surface area contributed by atoms with E-state index in [1.807, 2.05) is 35.1 Å². The molecule has 32 heavy (non-hydrogen) atoms. The average Bonchev–Trinajstić information content (AvgIpc) is 3.29. The van der Waals surface area contributed by atoms with Crippen molar-refractivity contribution >= 4 is 0 Å². The zero-order chi connectivity index (χ0) is 22.3. The summed E-state index contributed by atoms with van der Waals surface area (Å²) in [7, 11) is 3.34. The van der Waals surface area contributed by atoms with Crippen LogP contribution in [0.4, 0.5) is 0 Å². The second kappa shape index (κ2) is 10.6. The largest absolute Gasteiger partial charge is 0.497 e. The number of methoxy groups -OCH3 is 2. The van der Waals surface area contributed by atoms with Crippen LogP contribution in [0.15, 0.2) is 60.9 Å². The molecule has 0 aliphatic carbocycles. The van der Waals surface area contributed by atoms with Gasteiger partial charge < -0.3 is 14.6 Å². The van der Waals surface area contributed by atoms with Gasteiger partial charge in [0.1, 0.15) is 11.5 Å². The zero-order valence-electron chi connectivity index (χ0n) is 18.9. The number of hydrogen-bond acceptors (Lipinski definition) is 6. The van der Waals surface area contributed by atoms with Crippen LogP contribution < -0.4 is 9.47 Å². The van der Waals surface area contributed by atoms with Gasteiger partial charge in [-0.3, -0.25) is 9.80 Å². The van der Waals surface area contributed by atoms with Crippen molar-refractivity contribution in [3.05, 3.63) is 72.1 Å². The van der Waals surface area contributed by atoms with Crippen molar-refractivity contribution in [1.82, 2.24) is 19.6 Å². The van der Waals surface area contributed by atoms with Gasteiger partial charge in [-0.15, -0.1) is 0 Å². The Balaban J connectivity index is 1.41. The summed E-state index contributed by atoms with van der Waals surface area (Å²) >= 11 is 0. The molecule has 7 nitrogen and oxygen atoms in total. The van der Waals surface area contributed by atoms with E-state index >= 15 is 0 Å². The number of hydrogen-bond donors (Lipinski definition) is 1. The predicted molar refractivity (Wildman–Crippen MR) is 124 cm³/mol. The summed E-state index contributed by atoms with van der Waals surface area (Å²) in [4.78, 5) is 4.91. The molecule has 7 heteroatoms. The summed E-state index contributed by atoms with van der Waals surface area (Å²) in [6.45, 7) is 4.67. The van der Waals surface area contributed by atoms with Gasteiger partial charge in [0.05, 0.1) is 26.1 Å². The molecule has 1 aromatic heterocycles. The van der Waals surface area contributed by atoms with E-state index in [-0.39, 0.29) is 12.6 Å². The van der Waals surface area contributed by atoms with Gasteiger partial charge in [0, 0.05) is 63.2 Å². The van der Waals surface area contributed by atoms with Gasteiger partial charge in [0.15, 0.2) is 0 Å². The number of aliphatic hydroxyl groups is 1. The molecule has 1 aliphatic rings. The van der Waals surface area contributed by atoms with Crippen molar-refractivity contribution in [2.45, 2.75) is 25.6 Å². The van der Waals surface area contributed by atoms with Crippen molar-refractivity contribution in [2.75, 3.05) is 40.5 Å². The molecule has 1 saturated heterocycles. The average molecular weight is 437 g/mol. The lowest BCUT2D eigenvalue weighted by atomic mass is 10.1. The monoisotopic (exact) mass is 436 g/mol. The number of ether oxygens (including phenoxy) is 2. The number of para-hydroxylation sites is 1. The highest BCUT2D eigenvalue weighted by Crippen LogP contribution is 2.25. The molecular formula is C25H32N4O3. The van der Waals surface area contributed by atoms with E-state index in [0.29, 0.717) is 0 Å². The molecule has 0 radical (unpaired) electrons. The Morgan fingerprint density at radius 2 is 1.72 bits per heavy atom. The van der Waals surface area contributed by atoms with Crippen LogP contribution in [0.5, 0.6) is 11.5 Å². The van der Waals surface area contributed by atoms with Gasteiger partial charge in [-0.25, -0.2) is 4.68 Å². The van der Waals surface area contributed by atoms with E-state index in [9.17, 15) is 5.11 Å². The van der Waals surface area contributed by atoms with Gasteiger partial charge in [-0.1, -0.05) is 18.2 Å². The smallest absolute Gasteiger partial charge is 0.122 e. The van der Waals surface area contributed by atoms with Gasteiger partial charge in [0.2, 0.25) is 0 Å². The minimum absolute atomic E-state index is 0.183. The minimum atomic E-state index is 0.183. The second-order valence-electron chi connectivity index (χ2n) is 8.22. The molecule has 1 N–H and O–H groups in total. The predicted octanol–water partition coefficient (Wildman–Crippen LogP) is 2.96. The van der Waals surface area contributed by atoms with Crippen LogP contribution in [0, 0.1) is 0 Å². The quantitative estimate of drug-likeness (QED) is 0.557. The lowest BCUT2D eigenvalue weighted by molar-refractivity contribution is 0.0499. The molecule has 1 atom stereocenters. The third-order valence-corrected chi connectivity index (χ3v) is 6.01. The third kappa shape index (κ3) is 5.48. The molecule has 4 rings (SSSR count). The van der Waals surface area contributed by atoms with E-state index in [2.05, 4.69) is 45.4 Å². The SMILES string of the molecule is COc1cc(CN2CCN(Cc3cnn(-c4ccccc4)c3)C[C@H]2CCO)cc(OC)c1. The summed E-state index contributed by atoms with van der Waals surface area (Å²) < 4.78 is 12.8. The van der Waals surface area contributed by atoms with E-state index < -0.39 is 0 Å². The molecule has 3 aromatic rings. The summed E-state index contributed by atoms with van der Waals surface area (Å²) in [6, 6.07) is 16.5. The molecule has 170 valence electrons. The topological polar surface area (TPSA) is 63.0 Å². The Morgan fingerprint density at radius 3 is 2.41 bits per heavy atom. The Bertz CT molecular complexity index is 970. The Labute approximate surface area is 189 Å². The standard InChI is InChI=1S/C25H32N4O3/c1-31-24-12-20(13-25(14-24)32-2)17-28-10-9-27(19-23(28)8-11-30)16-21-15-26-29(18-21)22-6-4-3-5-7-22/h3-7,12-15,18,23,30H,8-11,16-17,19H2,1-2H3/t23-/m1/s1. The maximum atomic E-state index is 9.67. The van der Waals surface area contributed by atoms with Gasteiger partial charge in [-0.05, 0) is 36.2 Å². The fraction of sp³-hybridized carbons (Fsp3) is 0.400. The molecule has 2 heterocycles. The summed E-state index contributed by atoms with van der Waals surface area (Å²) in [5.41, 5.74) is 3.42. The van der Waals surface area contributed by atoms with Crippen molar-refractivity contribution in [2.24, 2.45) is 0 Å². The lowest BCUT2D eigenvalue weighted by Gasteiger charge is -2.41. The maximum absolute atomic E-state index is 9.67. The summed E-state index contributed by atoms with van der Waals surface area (Å²) in [6.07, 6.45) is 4.80.